The zero-order chi connectivity index (χ0) is 14.1. The van der Waals surface area contributed by atoms with Gasteiger partial charge >= 0.3 is 0 Å². The number of likely N-dealkylation sites (N-methyl/N-ethyl adjacent to an activating group) is 1. The molecule has 1 rings (SSSR count). The monoisotopic (exact) mass is 250 g/mol. The first-order valence-electron chi connectivity index (χ1n) is 5.90. The molecular formula is C14H22N2O2. The van der Waals surface area contributed by atoms with E-state index in [0.29, 0.717) is 0 Å². The number of ether oxygens (including phenoxy) is 1. The molecule has 0 heterocycles. The second-order valence-corrected chi connectivity index (χ2v) is 5.18. The molecule has 0 radical (unpaired) electrons. The fourth-order valence-corrected chi connectivity index (χ4v) is 2.00. The lowest BCUT2D eigenvalue weighted by molar-refractivity contribution is -0.135. The van der Waals surface area contributed by atoms with E-state index in [-0.39, 0.29) is 5.91 Å². The van der Waals surface area contributed by atoms with Crippen LogP contribution in [0.5, 0.6) is 5.75 Å². The summed E-state index contributed by atoms with van der Waals surface area (Å²) >= 11 is 0. The number of rotatable bonds is 3. The van der Waals surface area contributed by atoms with Gasteiger partial charge in [-0.3, -0.25) is 9.80 Å². The molecule has 0 saturated heterocycles. The molecule has 0 bridgehead atoms. The molecule has 0 atom stereocenters. The van der Waals surface area contributed by atoms with Crippen molar-refractivity contribution in [3.63, 3.8) is 0 Å². The Bertz CT molecular complexity index is 465. The van der Waals surface area contributed by atoms with Gasteiger partial charge in [0.2, 0.25) is 5.91 Å². The molecule has 0 aliphatic rings. The van der Waals surface area contributed by atoms with Gasteiger partial charge in [-0.25, -0.2) is 5.84 Å². The van der Waals surface area contributed by atoms with Crippen LogP contribution in [0.2, 0.25) is 0 Å². The summed E-state index contributed by atoms with van der Waals surface area (Å²) in [6, 6.07) is 3.95. The molecule has 1 amide bonds. The largest absolute Gasteiger partial charge is 0.496 e. The third kappa shape index (κ3) is 2.48. The fourth-order valence-electron chi connectivity index (χ4n) is 2.00. The van der Waals surface area contributed by atoms with Crippen LogP contribution in [0.4, 0.5) is 0 Å². The molecule has 1 aromatic carbocycles. The first-order valence-corrected chi connectivity index (χ1v) is 5.90. The standard InChI is InChI=1S/C14H22N2O2/c1-9-7-11(12(18-6)8-10(9)2)14(3,4)13(17)16(5)15/h7-8H,15H2,1-6H3. The van der Waals surface area contributed by atoms with Crippen molar-refractivity contribution in [1.29, 1.82) is 0 Å². The molecule has 1 aromatic rings. The highest BCUT2D eigenvalue weighted by Gasteiger charge is 2.34. The number of amides is 1. The lowest BCUT2D eigenvalue weighted by Gasteiger charge is -2.29. The fraction of sp³-hybridized carbons (Fsp3) is 0.500. The zero-order valence-electron chi connectivity index (χ0n) is 12.0. The number of aryl methyl sites for hydroxylation is 2. The first kappa shape index (κ1) is 14.5. The van der Waals surface area contributed by atoms with Gasteiger partial charge in [-0.2, -0.15) is 0 Å². The smallest absolute Gasteiger partial charge is 0.246 e. The lowest BCUT2D eigenvalue weighted by Crippen LogP contribution is -2.45. The van der Waals surface area contributed by atoms with Gasteiger partial charge in [0.1, 0.15) is 5.75 Å². The van der Waals surface area contributed by atoms with E-state index in [9.17, 15) is 4.79 Å². The summed E-state index contributed by atoms with van der Waals surface area (Å²) in [5.74, 6) is 6.13. The number of nitrogens with two attached hydrogens (primary N) is 1. The zero-order valence-corrected chi connectivity index (χ0v) is 12.0. The van der Waals surface area contributed by atoms with Crippen LogP contribution in [0, 0.1) is 13.8 Å². The van der Waals surface area contributed by atoms with Crippen molar-refractivity contribution in [2.75, 3.05) is 14.2 Å². The number of hydrogen-bond donors (Lipinski definition) is 1. The number of hydrazine groups is 1. The van der Waals surface area contributed by atoms with Gasteiger partial charge in [0.25, 0.3) is 0 Å². The normalized spacial score (nSPS) is 11.3. The van der Waals surface area contributed by atoms with Gasteiger partial charge in [-0.05, 0) is 44.9 Å². The average Bonchev–Trinajstić information content (AvgIpc) is 2.30. The molecule has 0 saturated carbocycles. The third-order valence-electron chi connectivity index (χ3n) is 3.34. The molecule has 4 heteroatoms. The molecule has 0 aliphatic heterocycles. The predicted molar refractivity (Wildman–Crippen MR) is 72.5 cm³/mol. The van der Waals surface area contributed by atoms with E-state index in [1.807, 2.05) is 39.8 Å². The van der Waals surface area contributed by atoms with E-state index in [2.05, 4.69) is 0 Å². The number of methoxy groups -OCH3 is 1. The van der Waals surface area contributed by atoms with Crippen LogP contribution in [0.3, 0.4) is 0 Å². The minimum Gasteiger partial charge on any atom is -0.496 e. The van der Waals surface area contributed by atoms with Crippen LogP contribution < -0.4 is 10.6 Å². The van der Waals surface area contributed by atoms with Crippen LogP contribution in [0.15, 0.2) is 12.1 Å². The maximum Gasteiger partial charge on any atom is 0.246 e. The Labute approximate surface area is 109 Å². The second kappa shape index (κ2) is 4.98. The SMILES string of the molecule is COc1cc(C)c(C)cc1C(C)(C)C(=O)N(C)N. The molecule has 0 aliphatic carbocycles. The molecule has 4 nitrogen and oxygen atoms in total. The van der Waals surface area contributed by atoms with E-state index in [1.165, 1.54) is 0 Å². The summed E-state index contributed by atoms with van der Waals surface area (Å²) in [7, 11) is 3.16. The predicted octanol–water partition coefficient (Wildman–Crippen LogP) is 1.92. The van der Waals surface area contributed by atoms with Gasteiger partial charge < -0.3 is 4.74 Å². The Balaban J connectivity index is 3.39. The van der Waals surface area contributed by atoms with E-state index >= 15 is 0 Å². The van der Waals surface area contributed by atoms with Gasteiger partial charge in [-0.1, -0.05) is 6.07 Å². The van der Waals surface area contributed by atoms with Gasteiger partial charge in [0.15, 0.2) is 0 Å². The van der Waals surface area contributed by atoms with Crippen LogP contribution in [0.1, 0.15) is 30.5 Å². The molecule has 0 aromatic heterocycles. The molecule has 2 N–H and O–H groups in total. The quantitative estimate of drug-likeness (QED) is 0.506. The number of carbonyl (C=O) groups is 1. The van der Waals surface area contributed by atoms with E-state index < -0.39 is 5.41 Å². The second-order valence-electron chi connectivity index (χ2n) is 5.18. The number of carbonyl (C=O) groups excluding carboxylic acids is 1. The van der Waals surface area contributed by atoms with Crippen molar-refractivity contribution in [2.24, 2.45) is 5.84 Å². The Morgan fingerprint density at radius 3 is 2.22 bits per heavy atom. The molecule has 0 fully saturated rings. The topological polar surface area (TPSA) is 55.6 Å². The molecular weight excluding hydrogens is 228 g/mol. The van der Waals surface area contributed by atoms with Crippen LogP contribution in [0.25, 0.3) is 0 Å². The summed E-state index contributed by atoms with van der Waals surface area (Å²) in [6.07, 6.45) is 0. The minimum absolute atomic E-state index is 0.149. The average molecular weight is 250 g/mol. The summed E-state index contributed by atoms with van der Waals surface area (Å²) in [5, 5.41) is 1.12. The highest BCUT2D eigenvalue weighted by atomic mass is 16.5. The Morgan fingerprint density at radius 1 is 1.28 bits per heavy atom. The molecule has 100 valence electrons. The lowest BCUT2D eigenvalue weighted by atomic mass is 9.81. The minimum atomic E-state index is -0.715. The van der Waals surface area contributed by atoms with Crippen molar-refractivity contribution >= 4 is 5.91 Å². The Morgan fingerprint density at radius 2 is 1.78 bits per heavy atom. The van der Waals surface area contributed by atoms with Crippen LogP contribution >= 0.6 is 0 Å². The Kier molecular flexibility index (Phi) is 4.02. The van der Waals surface area contributed by atoms with Gasteiger partial charge in [0, 0.05) is 12.6 Å². The highest BCUT2D eigenvalue weighted by molar-refractivity contribution is 5.87. The number of benzene rings is 1. The van der Waals surface area contributed by atoms with Crippen molar-refractivity contribution in [1.82, 2.24) is 5.01 Å². The van der Waals surface area contributed by atoms with Gasteiger partial charge in [0.05, 0.1) is 12.5 Å². The number of hydrogen-bond acceptors (Lipinski definition) is 3. The van der Waals surface area contributed by atoms with E-state index in [0.717, 1.165) is 27.4 Å². The molecule has 0 unspecified atom stereocenters. The summed E-state index contributed by atoms with van der Waals surface area (Å²) in [6.45, 7) is 7.74. The maximum absolute atomic E-state index is 12.2. The van der Waals surface area contributed by atoms with E-state index in [4.69, 9.17) is 10.6 Å². The van der Waals surface area contributed by atoms with Crippen LogP contribution in [-0.4, -0.2) is 25.1 Å². The first-order chi connectivity index (χ1) is 8.21. The Hall–Kier alpha value is -1.55. The van der Waals surface area contributed by atoms with Crippen molar-refractivity contribution in [3.05, 3.63) is 28.8 Å². The highest BCUT2D eigenvalue weighted by Crippen LogP contribution is 2.34. The number of nitrogens with zero attached hydrogens (tertiary/aromatic N) is 1. The molecule has 0 spiro atoms. The van der Waals surface area contributed by atoms with Crippen molar-refractivity contribution < 1.29 is 9.53 Å². The summed E-state index contributed by atoms with van der Waals surface area (Å²) in [5.41, 5.74) is 2.41. The van der Waals surface area contributed by atoms with E-state index in [1.54, 1.807) is 14.2 Å². The van der Waals surface area contributed by atoms with Gasteiger partial charge in [-0.15, -0.1) is 0 Å². The summed E-state index contributed by atoms with van der Waals surface area (Å²) < 4.78 is 5.39. The molecule has 18 heavy (non-hydrogen) atoms. The maximum atomic E-state index is 12.2. The van der Waals surface area contributed by atoms with Crippen molar-refractivity contribution in [2.45, 2.75) is 33.1 Å². The third-order valence-corrected chi connectivity index (χ3v) is 3.34. The van der Waals surface area contributed by atoms with Crippen molar-refractivity contribution in [3.8, 4) is 5.75 Å². The summed E-state index contributed by atoms with van der Waals surface area (Å²) in [4.78, 5) is 12.2. The van der Waals surface area contributed by atoms with Crippen LogP contribution in [-0.2, 0) is 10.2 Å².